The van der Waals surface area contributed by atoms with Crippen LogP contribution in [0.2, 0.25) is 0 Å². The molecule has 0 N–H and O–H groups in total. The summed E-state index contributed by atoms with van der Waals surface area (Å²) >= 11 is 0. The highest BCUT2D eigenvalue weighted by atomic mass is 16.3. The van der Waals surface area contributed by atoms with Crippen LogP contribution in [0.4, 0.5) is 0 Å². The predicted molar refractivity (Wildman–Crippen MR) is 140 cm³/mol. The van der Waals surface area contributed by atoms with Gasteiger partial charge in [-0.25, -0.2) is 0 Å². The summed E-state index contributed by atoms with van der Waals surface area (Å²) in [5.41, 5.74) is 7.51. The molecule has 0 fully saturated rings. The molecule has 7 aromatic rings. The summed E-state index contributed by atoms with van der Waals surface area (Å²) < 4.78 is 8.28. The molecule has 5 aromatic carbocycles. The first-order valence-electron chi connectivity index (χ1n) is 11.3. The van der Waals surface area contributed by atoms with Gasteiger partial charge in [-0.2, -0.15) is 5.26 Å². The number of benzene rings is 5. The van der Waals surface area contributed by atoms with E-state index < -0.39 is 0 Å². The lowest BCUT2D eigenvalue weighted by molar-refractivity contribution is 0.669. The Kier molecular flexibility index (Phi) is 3.91. The first kappa shape index (κ1) is 18.7. The molecule has 0 spiro atoms. The van der Waals surface area contributed by atoms with E-state index in [0.717, 1.165) is 49.8 Å². The van der Waals surface area contributed by atoms with E-state index in [1.54, 1.807) is 0 Å². The number of fused-ring (bicyclic) bond motifs is 6. The highest BCUT2D eigenvalue weighted by Crippen LogP contribution is 2.39. The highest BCUT2D eigenvalue weighted by Gasteiger charge is 2.19. The summed E-state index contributed by atoms with van der Waals surface area (Å²) in [4.78, 5) is 0. The first-order chi connectivity index (χ1) is 16.8. The van der Waals surface area contributed by atoms with Gasteiger partial charge >= 0.3 is 0 Å². The Bertz CT molecular complexity index is 1880. The minimum atomic E-state index is 0. The number of hydrogen-bond acceptors (Lipinski definition) is 2. The van der Waals surface area contributed by atoms with Crippen molar-refractivity contribution in [2.24, 2.45) is 0 Å². The Morgan fingerprint density at radius 2 is 1.26 bits per heavy atom. The average Bonchev–Trinajstić information content (AvgIpc) is 3.43. The molecule has 0 aliphatic carbocycles. The molecule has 160 valence electrons. The van der Waals surface area contributed by atoms with Crippen LogP contribution in [-0.4, -0.2) is 4.57 Å². The number of nitriles is 1. The van der Waals surface area contributed by atoms with Crippen molar-refractivity contribution in [1.29, 1.82) is 5.26 Å². The maximum Gasteiger partial charge on any atom is 0.135 e. The van der Waals surface area contributed by atoms with E-state index in [2.05, 4.69) is 83.4 Å². The lowest BCUT2D eigenvalue weighted by atomic mass is 9.98. The van der Waals surface area contributed by atoms with Crippen LogP contribution in [0.3, 0.4) is 0 Å². The van der Waals surface area contributed by atoms with Gasteiger partial charge in [-0.05, 0) is 42.0 Å². The van der Waals surface area contributed by atoms with Gasteiger partial charge in [0.25, 0.3) is 0 Å². The van der Waals surface area contributed by atoms with Crippen LogP contribution in [0, 0.1) is 11.3 Å². The Morgan fingerprint density at radius 3 is 2.00 bits per heavy atom. The molecule has 2 aromatic heterocycles. The fourth-order valence-electron chi connectivity index (χ4n) is 5.16. The van der Waals surface area contributed by atoms with Crippen molar-refractivity contribution in [3.8, 4) is 22.9 Å². The van der Waals surface area contributed by atoms with E-state index in [4.69, 9.17) is 4.42 Å². The molecule has 3 heteroatoms. The quantitative estimate of drug-likeness (QED) is 0.273. The average molecular weight is 437 g/mol. The summed E-state index contributed by atoms with van der Waals surface area (Å²) in [7, 11) is 0. The maximum absolute atomic E-state index is 10.1. The van der Waals surface area contributed by atoms with Gasteiger partial charge in [0.1, 0.15) is 17.2 Å². The van der Waals surface area contributed by atoms with Gasteiger partial charge in [-0.15, -0.1) is 0 Å². The highest BCUT2D eigenvalue weighted by molar-refractivity contribution is 6.10. The minimum Gasteiger partial charge on any atom is -0.456 e. The first-order valence-corrected chi connectivity index (χ1v) is 11.3. The van der Waals surface area contributed by atoms with Gasteiger partial charge in [0.05, 0.1) is 22.3 Å². The van der Waals surface area contributed by atoms with Gasteiger partial charge in [-0.3, -0.25) is 0 Å². The molecule has 34 heavy (non-hydrogen) atoms. The largest absolute Gasteiger partial charge is 0.456 e. The molecule has 3 nitrogen and oxygen atoms in total. The van der Waals surface area contributed by atoms with Crippen LogP contribution in [-0.2, 0) is 0 Å². The van der Waals surface area contributed by atoms with Gasteiger partial charge in [-0.1, -0.05) is 72.8 Å². The third-order valence-electron chi connectivity index (χ3n) is 6.65. The second kappa shape index (κ2) is 7.10. The number of furan rings is 1. The fourth-order valence-corrected chi connectivity index (χ4v) is 5.16. The third-order valence-corrected chi connectivity index (χ3v) is 6.65. The molecule has 0 saturated heterocycles. The fraction of sp³-hybridized carbons (Fsp3) is 0. The molecule has 0 aliphatic rings. The van der Waals surface area contributed by atoms with Crippen molar-refractivity contribution in [2.75, 3.05) is 0 Å². The molecule has 0 atom stereocenters. The number of rotatable bonds is 2. The van der Waals surface area contributed by atoms with Crippen LogP contribution in [0.5, 0.6) is 0 Å². The molecule has 2 heterocycles. The minimum absolute atomic E-state index is 0. The van der Waals surface area contributed by atoms with Crippen molar-refractivity contribution in [3.63, 3.8) is 0 Å². The maximum atomic E-state index is 10.1. The topological polar surface area (TPSA) is 41.9 Å². The molecule has 0 saturated carbocycles. The smallest absolute Gasteiger partial charge is 0.135 e. The second-order valence-corrected chi connectivity index (χ2v) is 8.49. The van der Waals surface area contributed by atoms with E-state index >= 15 is 0 Å². The Hall–Kier alpha value is -4.81. The van der Waals surface area contributed by atoms with Gasteiger partial charge in [0.2, 0.25) is 0 Å². The molecule has 0 amide bonds. The lowest BCUT2D eigenvalue weighted by Gasteiger charge is -2.16. The molecule has 0 aliphatic heterocycles. The van der Waals surface area contributed by atoms with Gasteiger partial charge in [0.15, 0.2) is 0 Å². The zero-order valence-electron chi connectivity index (χ0n) is 18.2. The molecular weight excluding hydrogens is 416 g/mol. The Balaban J connectivity index is 0.00000229. The van der Waals surface area contributed by atoms with Gasteiger partial charge < -0.3 is 8.98 Å². The van der Waals surface area contributed by atoms with E-state index in [1.165, 1.54) is 10.8 Å². The molecule has 0 bridgehead atoms. The second-order valence-electron chi connectivity index (χ2n) is 8.49. The van der Waals surface area contributed by atoms with Crippen molar-refractivity contribution in [2.45, 2.75) is 0 Å². The molecule has 0 unspecified atom stereocenters. The normalized spacial score (nSPS) is 11.5. The Morgan fingerprint density at radius 1 is 0.618 bits per heavy atom. The van der Waals surface area contributed by atoms with Crippen molar-refractivity contribution in [1.82, 2.24) is 4.57 Å². The zero-order chi connectivity index (χ0) is 22.6. The van der Waals surface area contributed by atoms with Crippen LogP contribution in [0.25, 0.3) is 60.6 Å². The molecule has 7 rings (SSSR count). The van der Waals surface area contributed by atoms with Crippen LogP contribution in [0.1, 0.15) is 6.99 Å². The third kappa shape index (κ3) is 2.57. The zero-order valence-corrected chi connectivity index (χ0v) is 18.2. The van der Waals surface area contributed by atoms with E-state index in [0.29, 0.717) is 5.56 Å². The number of aromatic nitrogens is 1. The van der Waals surface area contributed by atoms with Gasteiger partial charge in [0, 0.05) is 28.5 Å². The standard InChI is InChI=1S/C31H18N2O.H2/c32-19-21-8-7-12-22(20-16-17-30-26(18-20)25-11-3-6-15-29(25)34-30)31(21)33-27-13-4-1-9-23(27)24-10-2-5-14-28(24)33;/h1-18H;1H. The number of nitrogens with zero attached hydrogens (tertiary/aromatic N) is 2. The van der Waals surface area contributed by atoms with Crippen LogP contribution in [0.15, 0.2) is 114 Å². The van der Waals surface area contributed by atoms with Crippen molar-refractivity contribution >= 4 is 43.7 Å². The van der Waals surface area contributed by atoms with E-state index in [9.17, 15) is 5.26 Å². The summed E-state index contributed by atoms with van der Waals surface area (Å²) in [5.74, 6) is 0. The van der Waals surface area contributed by atoms with E-state index in [-0.39, 0.29) is 1.43 Å². The predicted octanol–water partition coefficient (Wildman–Crippen LogP) is 8.47. The summed E-state index contributed by atoms with van der Waals surface area (Å²) in [6, 6.07) is 39.6. The lowest BCUT2D eigenvalue weighted by Crippen LogP contribution is -2.00. The van der Waals surface area contributed by atoms with Crippen molar-refractivity contribution < 1.29 is 5.84 Å². The van der Waals surface area contributed by atoms with Crippen LogP contribution < -0.4 is 0 Å². The van der Waals surface area contributed by atoms with Crippen molar-refractivity contribution in [3.05, 3.63) is 115 Å². The molecule has 0 radical (unpaired) electrons. The number of hydrogen-bond donors (Lipinski definition) is 0. The SMILES string of the molecule is N#Cc1cccc(-c2ccc3oc4ccccc4c3c2)c1-n1c2ccccc2c2ccccc21.[HH]. The summed E-state index contributed by atoms with van der Waals surface area (Å²) in [6.07, 6.45) is 0. The summed E-state index contributed by atoms with van der Waals surface area (Å²) in [6.45, 7) is 0. The molecular formula is C31H20N2O. The van der Waals surface area contributed by atoms with Crippen LogP contribution >= 0.6 is 0 Å². The monoisotopic (exact) mass is 436 g/mol. The summed E-state index contributed by atoms with van der Waals surface area (Å²) in [5, 5.41) is 14.6. The van der Waals surface area contributed by atoms with E-state index in [1.807, 2.05) is 36.4 Å². The number of para-hydroxylation sites is 4. The Labute approximate surface area is 197 Å².